The van der Waals surface area contributed by atoms with Crippen LogP contribution in [0.1, 0.15) is 35.2 Å². The van der Waals surface area contributed by atoms with Crippen LogP contribution >= 0.6 is 0 Å². The van der Waals surface area contributed by atoms with Gasteiger partial charge in [0.15, 0.2) is 5.60 Å². The van der Waals surface area contributed by atoms with Gasteiger partial charge in [0.2, 0.25) is 5.95 Å². The molecule has 16 heteroatoms. The monoisotopic (exact) mass is 586 g/mol. The quantitative estimate of drug-likeness (QED) is 0.334. The number of carbonyl (C=O) groups excluding carboxylic acids is 1. The Morgan fingerprint density at radius 1 is 1.12 bits per heavy atom. The van der Waals surface area contributed by atoms with Crippen molar-refractivity contribution in [3.05, 3.63) is 41.7 Å². The number of carboxylic acid groups (broad SMARTS) is 1. The van der Waals surface area contributed by atoms with Crippen LogP contribution in [0.4, 0.5) is 37.1 Å². The lowest BCUT2D eigenvalue weighted by atomic mass is 10.0. The van der Waals surface area contributed by atoms with Crippen LogP contribution in [0.3, 0.4) is 0 Å². The molecule has 3 aromatic rings. The number of carbonyl (C=O) groups is 2. The van der Waals surface area contributed by atoms with Crippen LogP contribution in [0.2, 0.25) is 0 Å². The van der Waals surface area contributed by atoms with Gasteiger partial charge in [-0.15, -0.1) is 0 Å². The van der Waals surface area contributed by atoms with E-state index in [0.29, 0.717) is 25.6 Å². The van der Waals surface area contributed by atoms with Crippen molar-refractivity contribution in [2.75, 3.05) is 31.5 Å². The van der Waals surface area contributed by atoms with Gasteiger partial charge >= 0.3 is 18.4 Å². The minimum atomic E-state index is -4.91. The normalized spacial score (nSPS) is 21.9. The van der Waals surface area contributed by atoms with Gasteiger partial charge in [0.25, 0.3) is 5.91 Å². The highest BCUT2D eigenvalue weighted by Gasteiger charge is 2.57. The maximum atomic E-state index is 13.9. The Kier molecular flexibility index (Phi) is 6.99. The van der Waals surface area contributed by atoms with Crippen LogP contribution in [-0.4, -0.2) is 91.0 Å². The molecule has 2 amide bonds. The summed E-state index contributed by atoms with van der Waals surface area (Å²) >= 11 is 0. The molecule has 0 spiro atoms. The second-order valence-corrected chi connectivity index (χ2v) is 10.1. The second-order valence-electron chi connectivity index (χ2n) is 10.1. The van der Waals surface area contributed by atoms with Gasteiger partial charge in [0.1, 0.15) is 5.56 Å². The van der Waals surface area contributed by atoms with Crippen molar-refractivity contribution in [1.29, 1.82) is 0 Å². The van der Waals surface area contributed by atoms with Crippen molar-refractivity contribution in [3.8, 4) is 11.3 Å². The molecule has 0 aliphatic carbocycles. The number of fused-ring (bicyclic) bond motifs is 1. The van der Waals surface area contributed by atoms with E-state index in [0.717, 1.165) is 4.90 Å². The van der Waals surface area contributed by atoms with E-state index in [4.69, 9.17) is 0 Å². The Morgan fingerprint density at radius 3 is 2.54 bits per heavy atom. The van der Waals surface area contributed by atoms with Crippen molar-refractivity contribution in [2.45, 2.75) is 43.3 Å². The topological polar surface area (TPSA) is 135 Å². The third-order valence-corrected chi connectivity index (χ3v) is 7.37. The number of likely N-dealkylation sites (tertiary alicyclic amines) is 2. The first-order valence-electron chi connectivity index (χ1n) is 12.5. The molecule has 10 nitrogen and oxygen atoms in total. The number of hydrogen-bond donors (Lipinski definition) is 4. The predicted molar refractivity (Wildman–Crippen MR) is 132 cm³/mol. The summed E-state index contributed by atoms with van der Waals surface area (Å²) in [6, 6.07) is 3.54. The third kappa shape index (κ3) is 5.47. The number of piperidine rings is 1. The highest BCUT2D eigenvalue weighted by Crippen LogP contribution is 2.40. The first-order chi connectivity index (χ1) is 19.2. The smallest absolute Gasteiger partial charge is 0.419 e. The standard InChI is InChI=1S/C25H24F6N6O4/c26-24(27,28)17-10-33-21(34-14-2-1-6-36(11-14)22(39)40)35-19(17)16-9-32-18-8-13(3-4-15(16)18)20(38)37-7-5-23(41,12-37)25(29,30)31/h3-4,8-10,14,32,41H,1-2,5-7,11-12H2,(H,39,40)(H,33,34,35)/t14-,23-/m0/s1. The summed E-state index contributed by atoms with van der Waals surface area (Å²) in [5.74, 6) is -0.895. The summed E-state index contributed by atoms with van der Waals surface area (Å²) in [6.07, 6.45) is -8.49. The molecule has 4 heterocycles. The van der Waals surface area contributed by atoms with Crippen LogP contribution in [0, 0.1) is 0 Å². The highest BCUT2D eigenvalue weighted by molar-refractivity contribution is 6.02. The predicted octanol–water partition coefficient (Wildman–Crippen LogP) is 4.34. The molecule has 2 atom stereocenters. The van der Waals surface area contributed by atoms with Gasteiger partial charge < -0.3 is 30.3 Å². The maximum Gasteiger partial charge on any atom is 0.419 e. The summed E-state index contributed by atoms with van der Waals surface area (Å²) in [4.78, 5) is 37.0. The Hall–Kier alpha value is -4.08. The van der Waals surface area contributed by atoms with E-state index in [-0.39, 0.29) is 41.1 Å². The Bertz CT molecular complexity index is 1490. The molecule has 220 valence electrons. The van der Waals surface area contributed by atoms with Crippen molar-refractivity contribution in [3.63, 3.8) is 0 Å². The second kappa shape index (κ2) is 10.1. The number of aromatic amines is 1. The molecule has 2 aromatic heterocycles. The third-order valence-electron chi connectivity index (χ3n) is 7.37. The molecule has 0 radical (unpaired) electrons. The van der Waals surface area contributed by atoms with Gasteiger partial charge in [-0.05, 0) is 25.0 Å². The molecule has 5 rings (SSSR count). The molecule has 2 aliphatic rings. The number of aliphatic hydroxyl groups is 1. The summed E-state index contributed by atoms with van der Waals surface area (Å²) < 4.78 is 81.3. The van der Waals surface area contributed by atoms with E-state index in [1.807, 2.05) is 0 Å². The molecule has 0 unspecified atom stereocenters. The van der Waals surface area contributed by atoms with Crippen LogP contribution in [0.5, 0.6) is 0 Å². The molecule has 4 N–H and O–H groups in total. The molecule has 41 heavy (non-hydrogen) atoms. The fraction of sp³-hybridized carbons (Fsp3) is 0.440. The lowest BCUT2D eigenvalue weighted by molar-refractivity contribution is -0.253. The average molecular weight is 586 g/mol. The molecule has 2 fully saturated rings. The number of hydrogen-bond acceptors (Lipinski definition) is 6. The number of benzene rings is 1. The molecule has 0 saturated carbocycles. The van der Waals surface area contributed by atoms with Crippen molar-refractivity contribution in [2.24, 2.45) is 0 Å². The molecular formula is C25H24F6N6O4. The number of β-amino-alcohol motifs (C(OH)–C–C–N with tert-alkyl or cyclic N) is 1. The fourth-order valence-electron chi connectivity index (χ4n) is 5.15. The minimum absolute atomic E-state index is 0.0151. The van der Waals surface area contributed by atoms with E-state index < -0.39 is 60.2 Å². The number of halogens is 6. The molecule has 1 aromatic carbocycles. The summed E-state index contributed by atoms with van der Waals surface area (Å²) in [7, 11) is 0. The van der Waals surface area contributed by atoms with E-state index in [1.54, 1.807) is 0 Å². The largest absolute Gasteiger partial charge is 0.465 e. The van der Waals surface area contributed by atoms with Gasteiger partial charge in [-0.1, -0.05) is 6.07 Å². The number of anilines is 1. The molecule has 2 saturated heterocycles. The number of rotatable bonds is 4. The Morgan fingerprint density at radius 2 is 1.88 bits per heavy atom. The van der Waals surface area contributed by atoms with E-state index >= 15 is 0 Å². The lowest BCUT2D eigenvalue weighted by Crippen LogP contribution is -2.48. The number of aromatic nitrogens is 3. The van der Waals surface area contributed by atoms with E-state index in [9.17, 15) is 46.1 Å². The molecular weight excluding hydrogens is 562 g/mol. The van der Waals surface area contributed by atoms with Gasteiger partial charge in [-0.2, -0.15) is 26.3 Å². The first kappa shape index (κ1) is 28.4. The Labute approximate surface area is 228 Å². The first-order valence-corrected chi connectivity index (χ1v) is 12.5. The van der Waals surface area contributed by atoms with Gasteiger partial charge in [-0.25, -0.2) is 14.8 Å². The van der Waals surface area contributed by atoms with Crippen LogP contribution in [-0.2, 0) is 6.18 Å². The van der Waals surface area contributed by atoms with Crippen molar-refractivity contribution in [1.82, 2.24) is 24.8 Å². The van der Waals surface area contributed by atoms with E-state index in [1.165, 1.54) is 29.3 Å². The zero-order valence-corrected chi connectivity index (χ0v) is 21.2. The number of amides is 2. The lowest BCUT2D eigenvalue weighted by Gasteiger charge is -2.31. The summed E-state index contributed by atoms with van der Waals surface area (Å²) in [5.41, 5.74) is -4.33. The van der Waals surface area contributed by atoms with Crippen LogP contribution < -0.4 is 5.32 Å². The van der Waals surface area contributed by atoms with E-state index in [2.05, 4.69) is 20.3 Å². The summed E-state index contributed by atoms with van der Waals surface area (Å²) in [6.45, 7) is -0.802. The van der Waals surface area contributed by atoms with Gasteiger partial charge in [0.05, 0.1) is 12.2 Å². The maximum absolute atomic E-state index is 13.9. The number of H-pyrrole nitrogens is 1. The molecule has 0 bridgehead atoms. The van der Waals surface area contributed by atoms with Crippen LogP contribution in [0.25, 0.3) is 22.2 Å². The SMILES string of the molecule is O=C(O)N1CCC[C@H](Nc2ncc(C(F)(F)F)c(-c3c[nH]c4cc(C(=O)N5CC[C@@](O)(C(F)(F)F)C5)ccc34)n2)C1. The average Bonchev–Trinajstić information content (AvgIpc) is 3.52. The van der Waals surface area contributed by atoms with Crippen molar-refractivity contribution < 1.29 is 46.1 Å². The van der Waals surface area contributed by atoms with Crippen molar-refractivity contribution >= 4 is 28.9 Å². The number of nitrogens with one attached hydrogen (secondary N) is 2. The van der Waals surface area contributed by atoms with Gasteiger partial charge in [0, 0.05) is 66.5 Å². The Balaban J connectivity index is 1.44. The number of alkyl halides is 6. The summed E-state index contributed by atoms with van der Waals surface area (Å²) in [5, 5.41) is 22.3. The fourth-order valence-corrected chi connectivity index (χ4v) is 5.15. The van der Waals surface area contributed by atoms with Crippen LogP contribution in [0.15, 0.2) is 30.6 Å². The highest BCUT2D eigenvalue weighted by atomic mass is 19.4. The minimum Gasteiger partial charge on any atom is -0.465 e. The van der Waals surface area contributed by atoms with Gasteiger partial charge in [-0.3, -0.25) is 4.79 Å². The zero-order valence-electron chi connectivity index (χ0n) is 21.2. The molecule has 2 aliphatic heterocycles. The number of nitrogens with zero attached hydrogens (tertiary/aromatic N) is 4. The zero-order chi connectivity index (χ0) is 29.7.